The molecule has 2 heteroatoms. The number of hydrogen-bond acceptors (Lipinski definition) is 1. The van der Waals surface area contributed by atoms with Crippen molar-refractivity contribution in [1.29, 1.82) is 0 Å². The van der Waals surface area contributed by atoms with E-state index >= 15 is 0 Å². The summed E-state index contributed by atoms with van der Waals surface area (Å²) in [5.74, 6) is 1.21. The maximum Gasteiger partial charge on any atom is 0.169 e. The van der Waals surface area contributed by atoms with E-state index in [2.05, 4.69) is 69.0 Å². The lowest BCUT2D eigenvalue weighted by molar-refractivity contribution is 0.0388. The number of carbonyl (C=O) groups excluding carboxylic acids is 1. The lowest BCUT2D eigenvalue weighted by atomic mass is 9.58. The molecule has 5 rings (SSSR count). The van der Waals surface area contributed by atoms with Crippen molar-refractivity contribution in [1.82, 2.24) is 0 Å². The lowest BCUT2D eigenvalue weighted by Gasteiger charge is -2.47. The summed E-state index contributed by atoms with van der Waals surface area (Å²) in [6, 6.07) is 15.9. The summed E-state index contributed by atoms with van der Waals surface area (Å²) in [6.45, 7) is 9.75. The molecule has 3 aliphatic carbocycles. The number of rotatable bonds is 4. The number of ketones is 1. The van der Waals surface area contributed by atoms with E-state index in [0.29, 0.717) is 5.78 Å². The molecular weight excluding hydrogens is 308 g/mol. The first-order valence-electron chi connectivity index (χ1n) is 9.26. The van der Waals surface area contributed by atoms with Crippen molar-refractivity contribution in [3.63, 3.8) is 0 Å². The van der Waals surface area contributed by atoms with E-state index in [0.717, 1.165) is 24.3 Å². The second-order valence-electron chi connectivity index (χ2n) is 9.75. The van der Waals surface area contributed by atoms with Gasteiger partial charge in [0.1, 0.15) is 0 Å². The van der Waals surface area contributed by atoms with E-state index in [1.165, 1.54) is 23.2 Å². The van der Waals surface area contributed by atoms with Gasteiger partial charge in [-0.15, -0.1) is 0 Å². The molecule has 3 saturated carbocycles. The van der Waals surface area contributed by atoms with Crippen molar-refractivity contribution in [3.8, 4) is 0 Å². The molecule has 3 fully saturated rings. The minimum atomic E-state index is -1.20. The molecule has 2 bridgehead atoms. The molecule has 0 spiro atoms. The zero-order chi connectivity index (χ0) is 17.2. The molecule has 126 valence electrons. The number of Topliss-reactive ketones (excluding diaryl/α,β-unsaturated/α-hetero) is 1. The maximum atomic E-state index is 13.6. The van der Waals surface area contributed by atoms with Gasteiger partial charge in [-0.25, -0.2) is 0 Å². The zero-order valence-corrected chi connectivity index (χ0v) is 16.4. The Morgan fingerprint density at radius 1 is 1.04 bits per heavy atom. The Bertz CT molecular complexity index is 810. The first-order valence-corrected chi connectivity index (χ1v) is 13.0. The Kier molecular flexibility index (Phi) is 3.38. The van der Waals surface area contributed by atoms with E-state index in [1.807, 2.05) is 0 Å². The fourth-order valence-corrected chi connectivity index (χ4v) is 8.70. The molecule has 0 aromatic heterocycles. The average Bonchev–Trinajstić information content (AvgIpc) is 2.90. The third kappa shape index (κ3) is 2.30. The van der Waals surface area contributed by atoms with Crippen LogP contribution in [0.2, 0.25) is 25.7 Å². The third-order valence-electron chi connectivity index (χ3n) is 6.54. The Morgan fingerprint density at radius 2 is 1.71 bits per heavy atom. The Morgan fingerprint density at radius 3 is 2.38 bits per heavy atom. The van der Waals surface area contributed by atoms with Crippen LogP contribution in [0.4, 0.5) is 0 Å². The van der Waals surface area contributed by atoms with Crippen molar-refractivity contribution >= 4 is 24.6 Å². The highest BCUT2D eigenvalue weighted by atomic mass is 28.3. The summed E-state index contributed by atoms with van der Waals surface area (Å²) in [5, 5.41) is 2.40. The van der Waals surface area contributed by atoms with Crippen molar-refractivity contribution in [3.05, 3.63) is 48.0 Å². The zero-order valence-electron chi connectivity index (χ0n) is 15.4. The van der Waals surface area contributed by atoms with Crippen molar-refractivity contribution in [2.75, 3.05) is 0 Å². The van der Waals surface area contributed by atoms with Crippen LogP contribution in [0.3, 0.4) is 0 Å². The van der Waals surface area contributed by atoms with Crippen LogP contribution in [0.25, 0.3) is 10.8 Å². The first-order chi connectivity index (χ1) is 11.2. The second-order valence-corrected chi connectivity index (χ2v) is 15.2. The highest BCUT2D eigenvalue weighted by molar-refractivity contribution is 6.76. The van der Waals surface area contributed by atoms with Crippen LogP contribution in [-0.2, 0) is 0 Å². The lowest BCUT2D eigenvalue weighted by Crippen LogP contribution is -2.47. The second kappa shape index (κ2) is 5.04. The van der Waals surface area contributed by atoms with Crippen LogP contribution in [0.1, 0.15) is 36.5 Å². The third-order valence-corrected chi connectivity index (χ3v) is 8.38. The van der Waals surface area contributed by atoms with Crippen LogP contribution >= 0.6 is 0 Å². The van der Waals surface area contributed by atoms with Crippen LogP contribution in [0.5, 0.6) is 0 Å². The van der Waals surface area contributed by atoms with Crippen molar-refractivity contribution in [2.45, 2.75) is 51.9 Å². The summed E-state index contributed by atoms with van der Waals surface area (Å²) in [5.41, 5.74) is 1.06. The summed E-state index contributed by atoms with van der Waals surface area (Å²) in [6.07, 6.45) is 3.51. The Labute approximate surface area is 146 Å². The normalized spacial score (nSPS) is 31.9. The van der Waals surface area contributed by atoms with Crippen molar-refractivity contribution in [2.24, 2.45) is 16.7 Å². The van der Waals surface area contributed by atoms with E-state index < -0.39 is 8.07 Å². The molecule has 0 amide bonds. The van der Waals surface area contributed by atoms with Gasteiger partial charge in [0.2, 0.25) is 0 Å². The molecule has 3 aliphatic rings. The molecule has 2 aromatic rings. The van der Waals surface area contributed by atoms with Gasteiger partial charge >= 0.3 is 0 Å². The number of hydrogen-bond donors (Lipinski definition) is 0. The fraction of sp³-hybridized carbons (Fsp3) is 0.500. The van der Waals surface area contributed by atoms with Crippen LogP contribution < -0.4 is 0 Å². The van der Waals surface area contributed by atoms with Crippen LogP contribution in [0.15, 0.2) is 42.5 Å². The van der Waals surface area contributed by atoms with Gasteiger partial charge in [0, 0.05) is 19.1 Å². The molecule has 0 unspecified atom stereocenters. The van der Waals surface area contributed by atoms with Gasteiger partial charge in [-0.05, 0) is 47.4 Å². The minimum Gasteiger partial charge on any atom is -0.294 e. The van der Waals surface area contributed by atoms with Gasteiger partial charge in [0.15, 0.2) is 5.78 Å². The molecular formula is C22H28OSi. The predicted molar refractivity (Wildman–Crippen MR) is 104 cm³/mol. The number of benzene rings is 2. The topological polar surface area (TPSA) is 17.1 Å². The standard InChI is InChI=1S/C22H28OSi/c1-21(15-24(2,3)4)12-16-13-22(21,14-16)20(23)19-10-9-17-7-5-6-8-18(17)11-19/h5-11,16H,12-15H2,1-4H3/t16?,21-,22?/m0/s1. The Hall–Kier alpha value is -1.41. The largest absolute Gasteiger partial charge is 0.294 e. The summed E-state index contributed by atoms with van der Waals surface area (Å²) >= 11 is 0. The SMILES string of the molecule is C[C@@]1(C[Si](C)(C)C)CC2CC1(C(=O)c1ccc3ccccc3c1)C2. The van der Waals surface area contributed by atoms with Gasteiger partial charge in [0.05, 0.1) is 0 Å². The molecule has 1 atom stereocenters. The van der Waals surface area contributed by atoms with Crippen LogP contribution in [0, 0.1) is 16.7 Å². The molecule has 0 aliphatic heterocycles. The van der Waals surface area contributed by atoms with E-state index in [1.54, 1.807) is 0 Å². The molecule has 0 N–H and O–H groups in total. The van der Waals surface area contributed by atoms with E-state index in [9.17, 15) is 4.79 Å². The monoisotopic (exact) mass is 336 g/mol. The van der Waals surface area contributed by atoms with Gasteiger partial charge < -0.3 is 0 Å². The van der Waals surface area contributed by atoms with Crippen molar-refractivity contribution < 1.29 is 4.79 Å². The van der Waals surface area contributed by atoms with Crippen LogP contribution in [-0.4, -0.2) is 13.9 Å². The van der Waals surface area contributed by atoms with Gasteiger partial charge in [-0.1, -0.05) is 69.0 Å². The number of fused-ring (bicyclic) bond motifs is 2. The molecule has 24 heavy (non-hydrogen) atoms. The highest BCUT2D eigenvalue weighted by Gasteiger charge is 2.67. The predicted octanol–water partition coefficient (Wildman–Crippen LogP) is 6.17. The molecule has 0 radical (unpaired) electrons. The number of carbonyl (C=O) groups is 1. The summed E-state index contributed by atoms with van der Waals surface area (Å²) < 4.78 is 0. The van der Waals surface area contributed by atoms with Gasteiger partial charge in [0.25, 0.3) is 0 Å². The fourth-order valence-electron chi connectivity index (χ4n) is 5.87. The van der Waals surface area contributed by atoms with Gasteiger partial charge in [-0.3, -0.25) is 4.79 Å². The van der Waals surface area contributed by atoms with E-state index in [4.69, 9.17) is 0 Å². The molecule has 1 nitrogen and oxygen atoms in total. The summed E-state index contributed by atoms with van der Waals surface area (Å²) in [7, 11) is -1.20. The van der Waals surface area contributed by atoms with E-state index in [-0.39, 0.29) is 10.8 Å². The molecule has 0 saturated heterocycles. The minimum absolute atomic E-state index is 0.0829. The highest BCUT2D eigenvalue weighted by Crippen LogP contribution is 2.71. The quantitative estimate of drug-likeness (QED) is 0.482. The first kappa shape index (κ1) is 16.1. The Balaban J connectivity index is 1.72. The smallest absolute Gasteiger partial charge is 0.169 e. The average molecular weight is 337 g/mol. The summed E-state index contributed by atoms with van der Waals surface area (Å²) in [4.78, 5) is 13.6. The van der Waals surface area contributed by atoms with Gasteiger partial charge in [-0.2, -0.15) is 0 Å². The molecule has 0 heterocycles. The molecule has 2 aromatic carbocycles. The maximum absolute atomic E-state index is 13.6.